The van der Waals surface area contributed by atoms with E-state index in [1.54, 1.807) is 6.33 Å². The highest BCUT2D eigenvalue weighted by molar-refractivity contribution is 5.65. The molecule has 0 saturated carbocycles. The van der Waals surface area contributed by atoms with Crippen LogP contribution in [0, 0.1) is 0 Å². The van der Waals surface area contributed by atoms with Gasteiger partial charge in [0.05, 0.1) is 5.69 Å². The smallest absolute Gasteiger partial charge is 0.254 e. The molecule has 0 radical (unpaired) electrons. The lowest BCUT2D eigenvalue weighted by Crippen LogP contribution is -2.45. The molecule has 1 saturated heterocycles. The number of hydrogen-bond donors (Lipinski definition) is 0. The van der Waals surface area contributed by atoms with Crippen LogP contribution < -0.4 is 4.90 Å². The average molecular weight is 350 g/mol. The minimum Gasteiger partial charge on any atom is -0.356 e. The number of anilines is 1. The van der Waals surface area contributed by atoms with Crippen LogP contribution in [0.3, 0.4) is 0 Å². The summed E-state index contributed by atoms with van der Waals surface area (Å²) in [6.45, 7) is 8.83. The normalized spacial score (nSPS) is 15.9. The fourth-order valence-corrected chi connectivity index (χ4v) is 3.98. The van der Waals surface area contributed by atoms with Crippen LogP contribution >= 0.6 is 0 Å². The van der Waals surface area contributed by atoms with E-state index in [-0.39, 0.29) is 0 Å². The van der Waals surface area contributed by atoms with Gasteiger partial charge < -0.3 is 9.80 Å². The first-order valence-corrected chi connectivity index (χ1v) is 9.55. The molecule has 4 rings (SSSR count). The van der Waals surface area contributed by atoms with Gasteiger partial charge in [0, 0.05) is 30.8 Å². The molecule has 0 unspecified atom stereocenters. The summed E-state index contributed by atoms with van der Waals surface area (Å²) in [4.78, 5) is 14.0. The van der Waals surface area contributed by atoms with E-state index in [1.165, 1.54) is 12.8 Å². The Hall–Kier alpha value is -2.47. The molecule has 0 amide bonds. The Morgan fingerprint density at radius 3 is 2.50 bits per heavy atom. The molecule has 6 heteroatoms. The molecular weight excluding hydrogens is 324 g/mol. The fourth-order valence-electron chi connectivity index (χ4n) is 3.98. The van der Waals surface area contributed by atoms with Gasteiger partial charge in [-0.3, -0.25) is 0 Å². The third kappa shape index (κ3) is 3.17. The van der Waals surface area contributed by atoms with Gasteiger partial charge in [-0.05, 0) is 25.9 Å². The number of hydrogen-bond acceptors (Lipinski definition) is 5. The quantitative estimate of drug-likeness (QED) is 0.708. The summed E-state index contributed by atoms with van der Waals surface area (Å²) in [6, 6.07) is 13.1. The minimum atomic E-state index is 0.659. The first kappa shape index (κ1) is 17.0. The number of piperidine rings is 1. The highest BCUT2D eigenvalue weighted by Gasteiger charge is 2.25. The van der Waals surface area contributed by atoms with Crippen LogP contribution in [-0.4, -0.2) is 56.7 Å². The van der Waals surface area contributed by atoms with Gasteiger partial charge in [0.15, 0.2) is 0 Å². The molecule has 3 aromatic rings. The summed E-state index contributed by atoms with van der Waals surface area (Å²) in [7, 11) is 0. The second-order valence-electron chi connectivity index (χ2n) is 6.78. The maximum absolute atomic E-state index is 4.69. The largest absolute Gasteiger partial charge is 0.356 e. The first-order chi connectivity index (χ1) is 12.8. The third-order valence-electron chi connectivity index (χ3n) is 5.42. The molecule has 2 aromatic heterocycles. The van der Waals surface area contributed by atoms with Crippen molar-refractivity contribution in [1.82, 2.24) is 24.5 Å². The van der Waals surface area contributed by atoms with E-state index in [2.05, 4.69) is 56.9 Å². The summed E-state index contributed by atoms with van der Waals surface area (Å²) >= 11 is 0. The molecule has 1 aliphatic heterocycles. The fraction of sp³-hybridized carbons (Fsp3) is 0.450. The van der Waals surface area contributed by atoms with E-state index < -0.39 is 0 Å². The number of fused-ring (bicyclic) bond motifs is 1. The Morgan fingerprint density at radius 2 is 1.81 bits per heavy atom. The van der Waals surface area contributed by atoms with Gasteiger partial charge >= 0.3 is 0 Å². The molecule has 0 spiro atoms. The average Bonchev–Trinajstić information content (AvgIpc) is 3.18. The Labute approximate surface area is 154 Å². The van der Waals surface area contributed by atoms with Crippen LogP contribution in [0.25, 0.3) is 17.0 Å². The van der Waals surface area contributed by atoms with Gasteiger partial charge in [0.1, 0.15) is 12.1 Å². The molecule has 1 fully saturated rings. The SMILES string of the molecule is CCN(CC)C1CCN(c2cc(-c3ccccc3)nc3ncnn23)CC1. The van der Waals surface area contributed by atoms with Gasteiger partial charge in [-0.15, -0.1) is 0 Å². The van der Waals surface area contributed by atoms with Crippen LogP contribution in [0.2, 0.25) is 0 Å². The summed E-state index contributed by atoms with van der Waals surface area (Å²) in [5.74, 6) is 1.75. The zero-order valence-corrected chi connectivity index (χ0v) is 15.5. The van der Waals surface area contributed by atoms with E-state index in [0.29, 0.717) is 11.8 Å². The van der Waals surface area contributed by atoms with E-state index >= 15 is 0 Å². The van der Waals surface area contributed by atoms with Crippen molar-refractivity contribution < 1.29 is 0 Å². The van der Waals surface area contributed by atoms with Crippen LogP contribution in [0.5, 0.6) is 0 Å². The molecule has 1 aliphatic rings. The van der Waals surface area contributed by atoms with Gasteiger partial charge in [-0.1, -0.05) is 44.2 Å². The molecule has 0 N–H and O–H groups in total. The van der Waals surface area contributed by atoms with E-state index in [0.717, 1.165) is 43.3 Å². The lowest BCUT2D eigenvalue weighted by molar-refractivity contribution is 0.186. The van der Waals surface area contributed by atoms with Crippen LogP contribution in [-0.2, 0) is 0 Å². The monoisotopic (exact) mass is 350 g/mol. The highest BCUT2D eigenvalue weighted by atomic mass is 15.4. The molecule has 1 aromatic carbocycles. The molecule has 3 heterocycles. The van der Waals surface area contributed by atoms with Crippen LogP contribution in [0.4, 0.5) is 5.82 Å². The molecule has 136 valence electrons. The number of rotatable bonds is 5. The van der Waals surface area contributed by atoms with Crippen LogP contribution in [0.1, 0.15) is 26.7 Å². The zero-order chi connectivity index (χ0) is 17.9. The van der Waals surface area contributed by atoms with Crippen molar-refractivity contribution in [2.75, 3.05) is 31.1 Å². The van der Waals surface area contributed by atoms with E-state index in [4.69, 9.17) is 0 Å². The zero-order valence-electron chi connectivity index (χ0n) is 15.5. The predicted octanol–water partition coefficient (Wildman–Crippen LogP) is 3.10. The van der Waals surface area contributed by atoms with Gasteiger partial charge in [0.25, 0.3) is 5.78 Å². The first-order valence-electron chi connectivity index (χ1n) is 9.55. The summed E-state index contributed by atoms with van der Waals surface area (Å²) in [5, 5.41) is 4.41. The maximum atomic E-state index is 4.69. The Kier molecular flexibility index (Phi) is 4.84. The van der Waals surface area contributed by atoms with Crippen molar-refractivity contribution in [3.63, 3.8) is 0 Å². The molecular formula is C20H26N6. The lowest BCUT2D eigenvalue weighted by atomic mass is 10.0. The van der Waals surface area contributed by atoms with Crippen molar-refractivity contribution in [1.29, 1.82) is 0 Å². The summed E-state index contributed by atoms with van der Waals surface area (Å²) in [5.41, 5.74) is 2.06. The van der Waals surface area contributed by atoms with Crippen molar-refractivity contribution in [3.05, 3.63) is 42.7 Å². The Balaban J connectivity index is 1.63. The number of benzene rings is 1. The van der Waals surface area contributed by atoms with Gasteiger partial charge in [-0.2, -0.15) is 14.6 Å². The Bertz CT molecular complexity index is 847. The minimum absolute atomic E-state index is 0.659. The third-order valence-corrected chi connectivity index (χ3v) is 5.42. The van der Waals surface area contributed by atoms with Crippen molar-refractivity contribution >= 4 is 11.6 Å². The van der Waals surface area contributed by atoms with Crippen molar-refractivity contribution in [3.8, 4) is 11.3 Å². The van der Waals surface area contributed by atoms with Crippen LogP contribution in [0.15, 0.2) is 42.7 Å². The maximum Gasteiger partial charge on any atom is 0.254 e. The van der Waals surface area contributed by atoms with Crippen molar-refractivity contribution in [2.24, 2.45) is 0 Å². The topological polar surface area (TPSA) is 49.6 Å². The summed E-state index contributed by atoms with van der Waals surface area (Å²) < 4.78 is 1.87. The predicted molar refractivity (Wildman–Crippen MR) is 104 cm³/mol. The molecule has 26 heavy (non-hydrogen) atoms. The second kappa shape index (κ2) is 7.41. The number of nitrogens with zero attached hydrogens (tertiary/aromatic N) is 6. The Morgan fingerprint density at radius 1 is 1.08 bits per heavy atom. The number of aromatic nitrogens is 4. The van der Waals surface area contributed by atoms with E-state index in [1.807, 2.05) is 22.7 Å². The standard InChI is InChI=1S/C20H26N6/c1-3-24(4-2)17-10-12-25(13-11-17)19-14-18(16-8-6-5-7-9-16)23-20-21-15-22-26(19)20/h5-9,14-15,17H,3-4,10-13H2,1-2H3. The van der Waals surface area contributed by atoms with Crippen molar-refractivity contribution in [2.45, 2.75) is 32.7 Å². The molecule has 0 aliphatic carbocycles. The molecule has 0 bridgehead atoms. The summed E-state index contributed by atoms with van der Waals surface area (Å²) in [6.07, 6.45) is 3.95. The molecule has 6 nitrogen and oxygen atoms in total. The van der Waals surface area contributed by atoms with Gasteiger partial charge in [-0.25, -0.2) is 4.98 Å². The molecule has 0 atom stereocenters. The van der Waals surface area contributed by atoms with Gasteiger partial charge in [0.2, 0.25) is 0 Å². The second-order valence-corrected chi connectivity index (χ2v) is 6.78. The highest BCUT2D eigenvalue weighted by Crippen LogP contribution is 2.27. The lowest BCUT2D eigenvalue weighted by Gasteiger charge is -2.38. The van der Waals surface area contributed by atoms with E-state index in [9.17, 15) is 0 Å².